The van der Waals surface area contributed by atoms with E-state index in [1.807, 2.05) is 0 Å². The molecule has 0 radical (unpaired) electrons. The van der Waals surface area contributed by atoms with Gasteiger partial charge in [0.05, 0.1) is 6.54 Å². The van der Waals surface area contributed by atoms with Gasteiger partial charge in [-0.05, 0) is 42.2 Å². The highest BCUT2D eigenvalue weighted by Crippen LogP contribution is 2.35. The van der Waals surface area contributed by atoms with Crippen molar-refractivity contribution in [3.05, 3.63) is 102 Å². The second kappa shape index (κ2) is 9.41. The fraction of sp³-hybridized carbons (Fsp3) is 0.208. The summed E-state index contributed by atoms with van der Waals surface area (Å²) >= 11 is 0. The third-order valence-corrected chi connectivity index (χ3v) is 5.61. The van der Waals surface area contributed by atoms with Crippen LogP contribution in [0.25, 0.3) is 11.8 Å². The summed E-state index contributed by atoms with van der Waals surface area (Å²) in [6.07, 6.45) is 9.79. The first-order valence-electron chi connectivity index (χ1n) is 10.3. The van der Waals surface area contributed by atoms with Crippen LogP contribution in [0, 0.1) is 23.4 Å². The summed E-state index contributed by atoms with van der Waals surface area (Å²) in [6, 6.07) is 9.57. The van der Waals surface area contributed by atoms with Gasteiger partial charge in [-0.2, -0.15) is 10.2 Å². The number of aromatic nitrogens is 5. The van der Waals surface area contributed by atoms with E-state index in [1.54, 1.807) is 49.7 Å². The summed E-state index contributed by atoms with van der Waals surface area (Å²) in [5.41, 5.74) is -0.761. The van der Waals surface area contributed by atoms with Crippen molar-refractivity contribution < 1.29 is 18.3 Å². The van der Waals surface area contributed by atoms with Crippen molar-refractivity contribution in [3.63, 3.8) is 0 Å². The maximum atomic E-state index is 14.6. The number of nitrogens with zero attached hydrogens (tertiary/aromatic N) is 5. The second-order valence-corrected chi connectivity index (χ2v) is 7.84. The number of hydrogen-bond donors (Lipinski definition) is 1. The van der Waals surface area contributed by atoms with Crippen molar-refractivity contribution in [2.24, 2.45) is 5.92 Å². The van der Waals surface area contributed by atoms with Crippen LogP contribution in [0.15, 0.2) is 73.6 Å². The van der Waals surface area contributed by atoms with Crippen LogP contribution in [-0.2, 0) is 12.1 Å². The molecule has 0 saturated heterocycles. The third kappa shape index (κ3) is 4.88. The zero-order valence-corrected chi connectivity index (χ0v) is 17.8. The smallest absolute Gasteiger partial charge is 0.149 e. The Kier molecular flexibility index (Phi) is 6.41. The maximum Gasteiger partial charge on any atom is 0.149 e. The van der Waals surface area contributed by atoms with Crippen LogP contribution < -0.4 is 0 Å². The number of allylic oxidation sites excluding steroid dienone is 1. The molecule has 33 heavy (non-hydrogen) atoms. The quantitative estimate of drug-likeness (QED) is 0.426. The Labute approximate surface area is 188 Å². The molecule has 4 rings (SSSR count). The normalized spacial score (nSPS) is 14.5. The molecule has 4 aromatic rings. The summed E-state index contributed by atoms with van der Waals surface area (Å²) in [5, 5.41) is 19.6. The lowest BCUT2D eigenvalue weighted by Crippen LogP contribution is -2.39. The second-order valence-electron chi connectivity index (χ2n) is 7.84. The molecule has 0 aliphatic heterocycles. The number of halogens is 3. The average molecular weight is 453 g/mol. The summed E-state index contributed by atoms with van der Waals surface area (Å²) in [6.45, 7) is 1.68. The monoisotopic (exact) mass is 453 g/mol. The standard InChI is InChI=1S/C24H22F3N5O/c1-17(4-2-5-18-6-9-23(22(27)12-18)32-11-3-10-29-32)24(33,14-31-16-28-15-30-31)20-8-7-19(25)13-21(20)26/h2-3,5-13,15-17,33H,4,14H2,1H3/b5-2+/t17-,24+/m0/s1. The molecule has 0 unspecified atom stereocenters. The highest BCUT2D eigenvalue weighted by atomic mass is 19.1. The molecule has 0 aliphatic carbocycles. The van der Waals surface area contributed by atoms with Gasteiger partial charge < -0.3 is 5.11 Å². The minimum absolute atomic E-state index is 0.0325. The van der Waals surface area contributed by atoms with E-state index in [1.165, 1.54) is 34.2 Å². The van der Waals surface area contributed by atoms with E-state index < -0.39 is 29.0 Å². The van der Waals surface area contributed by atoms with E-state index in [-0.39, 0.29) is 12.1 Å². The lowest BCUT2D eigenvalue weighted by Gasteiger charge is -2.34. The van der Waals surface area contributed by atoms with Gasteiger partial charge in [-0.1, -0.05) is 31.2 Å². The zero-order valence-electron chi connectivity index (χ0n) is 17.8. The van der Waals surface area contributed by atoms with Crippen molar-refractivity contribution in [3.8, 4) is 5.69 Å². The number of aliphatic hydroxyl groups is 1. The molecule has 9 heteroatoms. The van der Waals surface area contributed by atoms with Crippen LogP contribution in [0.2, 0.25) is 0 Å². The fourth-order valence-corrected chi connectivity index (χ4v) is 3.74. The first-order valence-corrected chi connectivity index (χ1v) is 10.3. The van der Waals surface area contributed by atoms with E-state index in [0.717, 1.165) is 12.1 Å². The van der Waals surface area contributed by atoms with Crippen molar-refractivity contribution in [1.29, 1.82) is 0 Å². The Morgan fingerprint density at radius 2 is 1.94 bits per heavy atom. The fourth-order valence-electron chi connectivity index (χ4n) is 3.74. The molecule has 0 spiro atoms. The molecule has 0 saturated carbocycles. The van der Waals surface area contributed by atoms with E-state index in [9.17, 15) is 18.3 Å². The van der Waals surface area contributed by atoms with Gasteiger partial charge in [-0.15, -0.1) is 0 Å². The summed E-state index contributed by atoms with van der Waals surface area (Å²) < 4.78 is 45.4. The van der Waals surface area contributed by atoms with Crippen molar-refractivity contribution >= 4 is 6.08 Å². The molecule has 0 amide bonds. The number of benzene rings is 2. The number of hydrogen-bond acceptors (Lipinski definition) is 4. The van der Waals surface area contributed by atoms with Gasteiger partial charge in [0.15, 0.2) is 0 Å². The Morgan fingerprint density at radius 3 is 2.61 bits per heavy atom. The van der Waals surface area contributed by atoms with Crippen molar-refractivity contribution in [2.45, 2.75) is 25.5 Å². The van der Waals surface area contributed by atoms with Gasteiger partial charge in [0, 0.05) is 24.0 Å². The van der Waals surface area contributed by atoms with E-state index in [4.69, 9.17) is 0 Å². The topological polar surface area (TPSA) is 68.8 Å². The first-order chi connectivity index (χ1) is 15.9. The Balaban J connectivity index is 1.55. The molecule has 1 N–H and O–H groups in total. The molecular weight excluding hydrogens is 431 g/mol. The van der Waals surface area contributed by atoms with E-state index >= 15 is 0 Å². The SMILES string of the molecule is C[C@@H](C/C=C/c1ccc(-n2cccn2)c(F)c1)[C@](O)(Cn1cncn1)c1ccc(F)cc1F. The van der Waals surface area contributed by atoms with Gasteiger partial charge in [0.1, 0.15) is 41.4 Å². The largest absolute Gasteiger partial charge is 0.383 e. The average Bonchev–Trinajstić information content (AvgIpc) is 3.48. The van der Waals surface area contributed by atoms with E-state index in [2.05, 4.69) is 15.2 Å². The first kappa shape index (κ1) is 22.5. The lowest BCUT2D eigenvalue weighted by molar-refractivity contribution is -0.0379. The molecule has 2 heterocycles. The summed E-state index contributed by atoms with van der Waals surface area (Å²) in [4.78, 5) is 3.86. The van der Waals surface area contributed by atoms with Crippen LogP contribution in [0.5, 0.6) is 0 Å². The van der Waals surface area contributed by atoms with Crippen LogP contribution >= 0.6 is 0 Å². The molecule has 6 nitrogen and oxygen atoms in total. The van der Waals surface area contributed by atoms with Crippen LogP contribution in [0.4, 0.5) is 13.2 Å². The van der Waals surface area contributed by atoms with Crippen LogP contribution in [0.1, 0.15) is 24.5 Å². The van der Waals surface area contributed by atoms with E-state index in [0.29, 0.717) is 17.7 Å². The van der Waals surface area contributed by atoms with Crippen LogP contribution in [-0.4, -0.2) is 29.7 Å². The molecule has 0 bridgehead atoms. The minimum atomic E-state index is -1.69. The predicted octanol–water partition coefficient (Wildman–Crippen LogP) is 4.51. The van der Waals surface area contributed by atoms with Crippen LogP contribution in [0.3, 0.4) is 0 Å². The molecule has 2 aromatic carbocycles. The predicted molar refractivity (Wildman–Crippen MR) is 117 cm³/mol. The third-order valence-electron chi connectivity index (χ3n) is 5.61. The number of rotatable bonds is 8. The van der Waals surface area contributed by atoms with Gasteiger partial charge in [0.2, 0.25) is 0 Å². The molecule has 2 aromatic heterocycles. The summed E-state index contributed by atoms with van der Waals surface area (Å²) in [5.74, 6) is -2.49. The highest BCUT2D eigenvalue weighted by molar-refractivity contribution is 5.52. The Hall–Kier alpha value is -3.72. The van der Waals surface area contributed by atoms with Gasteiger partial charge in [-0.25, -0.2) is 27.5 Å². The van der Waals surface area contributed by atoms with Gasteiger partial charge in [0.25, 0.3) is 0 Å². The molecular formula is C24H22F3N5O. The summed E-state index contributed by atoms with van der Waals surface area (Å²) in [7, 11) is 0. The Morgan fingerprint density at radius 1 is 1.09 bits per heavy atom. The highest BCUT2D eigenvalue weighted by Gasteiger charge is 2.38. The molecule has 2 atom stereocenters. The maximum absolute atomic E-state index is 14.6. The van der Waals surface area contributed by atoms with Gasteiger partial charge in [-0.3, -0.25) is 0 Å². The molecule has 170 valence electrons. The molecule has 0 aliphatic rings. The van der Waals surface area contributed by atoms with Gasteiger partial charge >= 0.3 is 0 Å². The lowest BCUT2D eigenvalue weighted by atomic mass is 9.80. The van der Waals surface area contributed by atoms with Crippen molar-refractivity contribution in [1.82, 2.24) is 24.5 Å². The Bertz CT molecular complexity index is 1240. The zero-order chi connectivity index (χ0) is 23.4. The van der Waals surface area contributed by atoms with Crippen molar-refractivity contribution in [2.75, 3.05) is 0 Å². The molecule has 0 fully saturated rings. The minimum Gasteiger partial charge on any atom is -0.383 e.